The number of carbonyl (C=O) groups is 2. The number of piperazine rings is 1. The monoisotopic (exact) mass is 294 g/mol. The van der Waals surface area contributed by atoms with E-state index in [9.17, 15) is 9.59 Å². The molecule has 1 spiro atoms. The van der Waals surface area contributed by atoms with E-state index in [4.69, 9.17) is 0 Å². The molecule has 1 heterocycles. The van der Waals surface area contributed by atoms with E-state index in [1.54, 1.807) is 0 Å². The van der Waals surface area contributed by atoms with Crippen LogP contribution in [-0.4, -0.2) is 34.3 Å². The third kappa shape index (κ3) is 3.24. The van der Waals surface area contributed by atoms with Gasteiger partial charge in [0.05, 0.1) is 0 Å². The molecule has 1 aliphatic carbocycles. The highest BCUT2D eigenvalue weighted by Crippen LogP contribution is 2.35. The van der Waals surface area contributed by atoms with Gasteiger partial charge in [-0.05, 0) is 39.0 Å². The molecule has 120 valence electrons. The van der Waals surface area contributed by atoms with E-state index in [2.05, 4.69) is 26.1 Å². The Morgan fingerprint density at radius 1 is 1.19 bits per heavy atom. The lowest BCUT2D eigenvalue weighted by Crippen LogP contribution is -2.70. The predicted molar refractivity (Wildman–Crippen MR) is 83.8 cm³/mol. The van der Waals surface area contributed by atoms with Gasteiger partial charge in [-0.2, -0.15) is 0 Å². The maximum Gasteiger partial charge on any atom is 0.249 e. The summed E-state index contributed by atoms with van der Waals surface area (Å²) >= 11 is 0. The molecule has 4 nitrogen and oxygen atoms in total. The molecule has 0 bridgehead atoms. The summed E-state index contributed by atoms with van der Waals surface area (Å²) in [5.74, 6) is 0.868. The first-order valence-electron chi connectivity index (χ1n) is 8.52. The summed E-state index contributed by atoms with van der Waals surface area (Å²) in [6.07, 6.45) is 6.96. The molecule has 4 heteroatoms. The van der Waals surface area contributed by atoms with Crippen molar-refractivity contribution in [2.24, 2.45) is 5.92 Å². The fourth-order valence-electron chi connectivity index (χ4n) is 3.80. The summed E-state index contributed by atoms with van der Waals surface area (Å²) in [6.45, 7) is 8.39. The molecule has 2 amide bonds. The quantitative estimate of drug-likeness (QED) is 0.847. The van der Waals surface area contributed by atoms with Gasteiger partial charge in [0, 0.05) is 6.04 Å². The molecule has 0 aromatic rings. The lowest BCUT2D eigenvalue weighted by molar-refractivity contribution is -0.156. The van der Waals surface area contributed by atoms with Crippen LogP contribution in [0.5, 0.6) is 0 Å². The van der Waals surface area contributed by atoms with Gasteiger partial charge in [-0.1, -0.05) is 39.5 Å². The van der Waals surface area contributed by atoms with Crippen LogP contribution in [0.2, 0.25) is 0 Å². The van der Waals surface area contributed by atoms with Crippen LogP contribution in [0.25, 0.3) is 0 Å². The highest BCUT2D eigenvalue weighted by Gasteiger charge is 2.51. The van der Waals surface area contributed by atoms with Crippen LogP contribution in [0.15, 0.2) is 0 Å². The fourth-order valence-corrected chi connectivity index (χ4v) is 3.80. The molecule has 1 aliphatic heterocycles. The second-order valence-electron chi connectivity index (χ2n) is 7.34. The standard InChI is InChI=1S/C17H30N2O2/c1-12(2)8-7-9-13(3)19-14(4)15(20)18-17(16(19)21)10-5-6-11-17/h12-14H,5-11H2,1-4H3,(H,18,20). The highest BCUT2D eigenvalue weighted by atomic mass is 16.2. The van der Waals surface area contributed by atoms with Crippen molar-refractivity contribution in [3.8, 4) is 0 Å². The Bertz CT molecular complexity index is 400. The minimum atomic E-state index is -0.587. The summed E-state index contributed by atoms with van der Waals surface area (Å²) in [4.78, 5) is 27.1. The van der Waals surface area contributed by atoms with Crippen molar-refractivity contribution < 1.29 is 9.59 Å². The van der Waals surface area contributed by atoms with Crippen LogP contribution in [0.4, 0.5) is 0 Å². The average Bonchev–Trinajstić information content (AvgIpc) is 2.86. The predicted octanol–water partition coefficient (Wildman–Crippen LogP) is 2.86. The lowest BCUT2D eigenvalue weighted by Gasteiger charge is -2.46. The van der Waals surface area contributed by atoms with Gasteiger partial charge in [0.2, 0.25) is 11.8 Å². The molecular formula is C17H30N2O2. The summed E-state index contributed by atoms with van der Waals surface area (Å²) in [5.41, 5.74) is -0.587. The molecule has 0 aromatic carbocycles. The van der Waals surface area contributed by atoms with Crippen LogP contribution in [0, 0.1) is 5.92 Å². The Labute approximate surface area is 128 Å². The number of hydrogen-bond acceptors (Lipinski definition) is 2. The van der Waals surface area contributed by atoms with E-state index in [0.717, 1.165) is 38.5 Å². The molecule has 21 heavy (non-hydrogen) atoms. The van der Waals surface area contributed by atoms with Crippen LogP contribution in [-0.2, 0) is 9.59 Å². The number of amides is 2. The van der Waals surface area contributed by atoms with Gasteiger partial charge in [0.15, 0.2) is 0 Å². The molecule has 2 aliphatic rings. The Morgan fingerprint density at radius 2 is 1.81 bits per heavy atom. The maximum atomic E-state index is 13.0. The Hall–Kier alpha value is -1.06. The maximum absolute atomic E-state index is 13.0. The van der Waals surface area contributed by atoms with Crippen molar-refractivity contribution >= 4 is 11.8 Å². The lowest BCUT2D eigenvalue weighted by atomic mass is 9.89. The zero-order valence-corrected chi connectivity index (χ0v) is 13.9. The molecule has 2 atom stereocenters. The molecule has 2 rings (SSSR count). The van der Waals surface area contributed by atoms with Crippen molar-refractivity contribution in [2.45, 2.75) is 90.3 Å². The van der Waals surface area contributed by atoms with E-state index in [1.165, 1.54) is 6.42 Å². The number of hydrogen-bond donors (Lipinski definition) is 1. The minimum Gasteiger partial charge on any atom is -0.340 e. The van der Waals surface area contributed by atoms with Crippen molar-refractivity contribution in [1.82, 2.24) is 10.2 Å². The van der Waals surface area contributed by atoms with Crippen LogP contribution in [0.3, 0.4) is 0 Å². The van der Waals surface area contributed by atoms with E-state index in [-0.39, 0.29) is 23.9 Å². The van der Waals surface area contributed by atoms with Gasteiger partial charge in [-0.3, -0.25) is 9.59 Å². The molecule has 1 saturated carbocycles. The largest absolute Gasteiger partial charge is 0.340 e. The Balaban J connectivity index is 2.07. The van der Waals surface area contributed by atoms with Gasteiger partial charge in [-0.25, -0.2) is 0 Å². The smallest absolute Gasteiger partial charge is 0.249 e. The SMILES string of the molecule is CC(C)CCCC(C)N1C(=O)C2(CCCC2)NC(=O)C1C. The van der Waals surface area contributed by atoms with E-state index >= 15 is 0 Å². The highest BCUT2D eigenvalue weighted by molar-refractivity contribution is 6.00. The van der Waals surface area contributed by atoms with Gasteiger partial charge >= 0.3 is 0 Å². The third-order valence-corrected chi connectivity index (χ3v) is 5.14. The first kappa shape index (κ1) is 16.3. The molecule has 2 fully saturated rings. The van der Waals surface area contributed by atoms with Crippen LogP contribution in [0.1, 0.15) is 72.6 Å². The van der Waals surface area contributed by atoms with Crippen molar-refractivity contribution in [1.29, 1.82) is 0 Å². The van der Waals surface area contributed by atoms with Gasteiger partial charge in [-0.15, -0.1) is 0 Å². The number of rotatable bonds is 5. The topological polar surface area (TPSA) is 49.4 Å². The summed E-state index contributed by atoms with van der Waals surface area (Å²) in [6, 6.07) is -0.187. The van der Waals surface area contributed by atoms with E-state index in [1.807, 2.05) is 11.8 Å². The Morgan fingerprint density at radius 3 is 2.38 bits per heavy atom. The zero-order chi connectivity index (χ0) is 15.6. The van der Waals surface area contributed by atoms with Crippen LogP contribution < -0.4 is 5.32 Å². The summed E-state index contributed by atoms with van der Waals surface area (Å²) < 4.78 is 0. The first-order chi connectivity index (χ1) is 9.87. The number of nitrogens with one attached hydrogen (secondary N) is 1. The van der Waals surface area contributed by atoms with Crippen LogP contribution >= 0.6 is 0 Å². The molecule has 1 N–H and O–H groups in total. The van der Waals surface area contributed by atoms with Crippen molar-refractivity contribution in [3.63, 3.8) is 0 Å². The van der Waals surface area contributed by atoms with Crippen molar-refractivity contribution in [3.05, 3.63) is 0 Å². The molecule has 2 unspecified atom stereocenters. The van der Waals surface area contributed by atoms with Gasteiger partial charge in [0.1, 0.15) is 11.6 Å². The van der Waals surface area contributed by atoms with E-state index in [0.29, 0.717) is 5.92 Å². The first-order valence-corrected chi connectivity index (χ1v) is 8.52. The zero-order valence-electron chi connectivity index (χ0n) is 13.9. The third-order valence-electron chi connectivity index (χ3n) is 5.14. The minimum absolute atomic E-state index is 0.0206. The normalized spacial score (nSPS) is 26.5. The fraction of sp³-hybridized carbons (Fsp3) is 0.882. The van der Waals surface area contributed by atoms with E-state index < -0.39 is 5.54 Å². The number of nitrogens with zero attached hydrogens (tertiary/aromatic N) is 1. The summed E-state index contributed by atoms with van der Waals surface area (Å²) in [5, 5.41) is 3.02. The molecule has 1 saturated heterocycles. The second-order valence-corrected chi connectivity index (χ2v) is 7.34. The molecule has 0 aromatic heterocycles. The summed E-state index contributed by atoms with van der Waals surface area (Å²) in [7, 11) is 0. The molecular weight excluding hydrogens is 264 g/mol. The second kappa shape index (κ2) is 6.37. The molecule has 0 radical (unpaired) electrons. The van der Waals surface area contributed by atoms with Crippen molar-refractivity contribution in [2.75, 3.05) is 0 Å². The number of carbonyl (C=O) groups excluding carboxylic acids is 2. The average molecular weight is 294 g/mol. The van der Waals surface area contributed by atoms with Gasteiger partial charge in [0.25, 0.3) is 0 Å². The van der Waals surface area contributed by atoms with Gasteiger partial charge < -0.3 is 10.2 Å². The Kier molecular flexibility index (Phi) is 4.95.